The summed E-state index contributed by atoms with van der Waals surface area (Å²) in [6, 6.07) is 7.20. The second-order valence-electron chi connectivity index (χ2n) is 5.35. The van der Waals surface area contributed by atoms with Gasteiger partial charge in [0.15, 0.2) is 6.61 Å². The highest BCUT2D eigenvalue weighted by Crippen LogP contribution is 2.12. The van der Waals surface area contributed by atoms with Crippen molar-refractivity contribution < 1.29 is 14.3 Å². The molecule has 0 saturated carbocycles. The van der Waals surface area contributed by atoms with Crippen LogP contribution in [-0.2, 0) is 9.53 Å². The molecule has 0 bridgehead atoms. The number of amides is 1. The molecule has 5 nitrogen and oxygen atoms in total. The van der Waals surface area contributed by atoms with Crippen LogP contribution in [0.1, 0.15) is 48.9 Å². The van der Waals surface area contributed by atoms with Gasteiger partial charge in [0.25, 0.3) is 5.91 Å². The van der Waals surface area contributed by atoms with Crippen molar-refractivity contribution in [2.75, 3.05) is 13.2 Å². The SMILES string of the molecule is NSc1ccc(C(=O)NCCCCCCCC(=O)OCC#CBr)cc1. The Bertz CT molecular complexity index is 597. The topological polar surface area (TPSA) is 81.4 Å². The number of carbonyl (C=O) groups excluding carboxylic acids is 2. The van der Waals surface area contributed by atoms with Crippen LogP contribution in [0.4, 0.5) is 0 Å². The maximum atomic E-state index is 11.9. The Hall–Kier alpha value is -1.49. The lowest BCUT2D eigenvalue weighted by molar-refractivity contribution is -0.142. The van der Waals surface area contributed by atoms with Crippen LogP contribution in [0.2, 0.25) is 0 Å². The van der Waals surface area contributed by atoms with E-state index in [-0.39, 0.29) is 18.5 Å². The first kappa shape index (κ1) is 21.6. The van der Waals surface area contributed by atoms with Crippen molar-refractivity contribution in [1.29, 1.82) is 0 Å². The minimum absolute atomic E-state index is 0.0668. The Morgan fingerprint density at radius 2 is 1.80 bits per heavy atom. The number of esters is 1. The molecule has 0 saturated heterocycles. The first-order valence-corrected chi connectivity index (χ1v) is 9.83. The van der Waals surface area contributed by atoms with Crippen LogP contribution in [0.25, 0.3) is 0 Å². The molecule has 1 aromatic carbocycles. The van der Waals surface area contributed by atoms with Crippen molar-refractivity contribution in [3.63, 3.8) is 0 Å². The molecule has 7 heteroatoms. The molecule has 136 valence electrons. The molecule has 1 aromatic rings. The number of nitrogens with two attached hydrogens (primary N) is 1. The van der Waals surface area contributed by atoms with Gasteiger partial charge in [0.1, 0.15) is 0 Å². The van der Waals surface area contributed by atoms with E-state index < -0.39 is 0 Å². The van der Waals surface area contributed by atoms with Gasteiger partial charge in [-0.3, -0.25) is 14.7 Å². The van der Waals surface area contributed by atoms with Gasteiger partial charge in [-0.1, -0.05) is 19.3 Å². The van der Waals surface area contributed by atoms with Gasteiger partial charge in [0, 0.05) is 39.4 Å². The maximum Gasteiger partial charge on any atom is 0.306 e. The molecular formula is C18H23BrN2O3S. The monoisotopic (exact) mass is 426 g/mol. The van der Waals surface area contributed by atoms with Gasteiger partial charge in [-0.15, -0.1) is 0 Å². The van der Waals surface area contributed by atoms with Gasteiger partial charge >= 0.3 is 5.97 Å². The van der Waals surface area contributed by atoms with Gasteiger partial charge in [-0.05, 0) is 59.8 Å². The summed E-state index contributed by atoms with van der Waals surface area (Å²) in [5, 5.41) is 8.36. The Morgan fingerprint density at radius 3 is 2.48 bits per heavy atom. The maximum absolute atomic E-state index is 11.9. The molecule has 0 fully saturated rings. The molecule has 0 heterocycles. The summed E-state index contributed by atoms with van der Waals surface area (Å²) >= 11 is 4.10. The van der Waals surface area contributed by atoms with E-state index in [4.69, 9.17) is 9.88 Å². The molecule has 0 aromatic heterocycles. The van der Waals surface area contributed by atoms with E-state index in [0.29, 0.717) is 18.5 Å². The third-order valence-corrected chi connectivity index (χ3v) is 4.29. The zero-order valence-electron chi connectivity index (χ0n) is 14.1. The number of carbonyl (C=O) groups is 2. The predicted molar refractivity (Wildman–Crippen MR) is 104 cm³/mol. The van der Waals surface area contributed by atoms with Crippen LogP contribution in [0.5, 0.6) is 0 Å². The highest BCUT2D eigenvalue weighted by molar-refractivity contribution is 9.12. The van der Waals surface area contributed by atoms with Crippen molar-refractivity contribution in [1.82, 2.24) is 5.32 Å². The number of unbranched alkanes of at least 4 members (excludes halogenated alkanes) is 4. The molecule has 0 aliphatic heterocycles. The van der Waals surface area contributed by atoms with Crippen LogP contribution in [0.15, 0.2) is 29.2 Å². The first-order valence-electron chi connectivity index (χ1n) is 8.16. The number of hydrogen-bond donors (Lipinski definition) is 2. The first-order chi connectivity index (χ1) is 12.2. The minimum Gasteiger partial charge on any atom is -0.452 e. The van der Waals surface area contributed by atoms with Gasteiger partial charge in [-0.25, -0.2) is 0 Å². The zero-order chi connectivity index (χ0) is 18.3. The average Bonchev–Trinajstić information content (AvgIpc) is 2.64. The molecule has 1 amide bonds. The van der Waals surface area contributed by atoms with Crippen LogP contribution in [-0.4, -0.2) is 25.0 Å². The van der Waals surface area contributed by atoms with Crippen molar-refractivity contribution in [2.45, 2.75) is 43.4 Å². The van der Waals surface area contributed by atoms with Gasteiger partial charge in [-0.2, -0.15) is 0 Å². The molecule has 1 rings (SSSR count). The number of nitrogens with one attached hydrogen (secondary N) is 1. The molecule has 0 unspecified atom stereocenters. The van der Waals surface area contributed by atoms with Crippen LogP contribution in [0, 0.1) is 10.8 Å². The highest BCUT2D eigenvalue weighted by Gasteiger charge is 2.04. The molecule has 0 spiro atoms. The van der Waals surface area contributed by atoms with E-state index in [0.717, 1.165) is 48.9 Å². The van der Waals surface area contributed by atoms with E-state index in [1.54, 1.807) is 12.1 Å². The van der Waals surface area contributed by atoms with Gasteiger partial charge in [0.05, 0.1) is 0 Å². The Labute approximate surface area is 161 Å². The molecule has 0 atom stereocenters. The smallest absolute Gasteiger partial charge is 0.306 e. The fourth-order valence-corrected chi connectivity index (χ4v) is 2.54. The number of hydrogen-bond acceptors (Lipinski definition) is 5. The van der Waals surface area contributed by atoms with Crippen molar-refractivity contribution in [2.24, 2.45) is 5.14 Å². The van der Waals surface area contributed by atoms with Gasteiger partial charge in [0.2, 0.25) is 0 Å². The number of ether oxygens (including phenoxy) is 1. The Morgan fingerprint density at radius 1 is 1.12 bits per heavy atom. The molecule has 0 radical (unpaired) electrons. The molecule has 0 aliphatic carbocycles. The second-order valence-corrected chi connectivity index (χ2v) is 6.45. The lowest BCUT2D eigenvalue weighted by Crippen LogP contribution is -2.24. The van der Waals surface area contributed by atoms with Crippen molar-refractivity contribution >= 4 is 39.8 Å². The number of halogens is 1. The van der Waals surface area contributed by atoms with E-state index in [1.165, 1.54) is 0 Å². The molecule has 3 N–H and O–H groups in total. The van der Waals surface area contributed by atoms with E-state index in [1.807, 2.05) is 12.1 Å². The lowest BCUT2D eigenvalue weighted by atomic mass is 10.1. The normalized spacial score (nSPS) is 9.84. The summed E-state index contributed by atoms with van der Waals surface area (Å²) in [6.07, 6.45) is 5.20. The molecular weight excluding hydrogens is 404 g/mol. The van der Waals surface area contributed by atoms with Crippen molar-refractivity contribution in [3.05, 3.63) is 29.8 Å². The zero-order valence-corrected chi connectivity index (χ0v) is 16.5. The van der Waals surface area contributed by atoms with Crippen LogP contribution in [0.3, 0.4) is 0 Å². The predicted octanol–water partition coefficient (Wildman–Crippen LogP) is 3.62. The molecule has 0 aliphatic rings. The second kappa shape index (κ2) is 13.8. The summed E-state index contributed by atoms with van der Waals surface area (Å²) in [5.74, 6) is 2.34. The van der Waals surface area contributed by atoms with E-state index in [9.17, 15) is 9.59 Å². The summed E-state index contributed by atoms with van der Waals surface area (Å²) in [5.41, 5.74) is 0.640. The van der Waals surface area contributed by atoms with Crippen LogP contribution >= 0.6 is 27.9 Å². The summed E-state index contributed by atoms with van der Waals surface area (Å²) in [7, 11) is 0. The summed E-state index contributed by atoms with van der Waals surface area (Å²) in [4.78, 5) is 26.7. The number of rotatable bonds is 11. The minimum atomic E-state index is -0.207. The summed E-state index contributed by atoms with van der Waals surface area (Å²) in [6.45, 7) is 0.789. The molecule has 25 heavy (non-hydrogen) atoms. The fraction of sp³-hybridized carbons (Fsp3) is 0.444. The van der Waals surface area contributed by atoms with Crippen LogP contribution < -0.4 is 10.5 Å². The largest absolute Gasteiger partial charge is 0.452 e. The third kappa shape index (κ3) is 10.2. The Kier molecular flexibility index (Phi) is 11.9. The number of benzene rings is 1. The van der Waals surface area contributed by atoms with Gasteiger partial charge < -0.3 is 10.1 Å². The van der Waals surface area contributed by atoms with E-state index >= 15 is 0 Å². The standard InChI is InChI=1S/C18H23BrN2O3S/c19-12-6-14-24-17(22)7-4-2-1-3-5-13-21-18(23)15-8-10-16(25-20)11-9-15/h8-11H,1-5,7,13-14,20H2,(H,21,23). The average molecular weight is 427 g/mol. The quantitative estimate of drug-likeness (QED) is 0.244. The highest BCUT2D eigenvalue weighted by atomic mass is 79.9. The van der Waals surface area contributed by atoms with Crippen molar-refractivity contribution in [3.8, 4) is 10.8 Å². The fourth-order valence-electron chi connectivity index (χ4n) is 2.13. The summed E-state index contributed by atoms with van der Waals surface area (Å²) < 4.78 is 4.91. The van der Waals surface area contributed by atoms with E-state index in [2.05, 4.69) is 32.0 Å². The lowest BCUT2D eigenvalue weighted by Gasteiger charge is -2.06. The third-order valence-electron chi connectivity index (χ3n) is 3.47. The Balaban J connectivity index is 2.01.